The third-order valence-electron chi connectivity index (χ3n) is 4.22. The van der Waals surface area contributed by atoms with E-state index < -0.39 is 6.09 Å². The molecule has 0 unspecified atom stereocenters. The van der Waals surface area contributed by atoms with E-state index in [4.69, 9.17) is 4.74 Å². The Morgan fingerprint density at radius 2 is 2.12 bits per heavy atom. The molecule has 1 fully saturated rings. The van der Waals surface area contributed by atoms with Gasteiger partial charge in [-0.2, -0.15) is 0 Å². The molecule has 4 nitrogen and oxygen atoms in total. The van der Waals surface area contributed by atoms with E-state index in [2.05, 4.69) is 6.58 Å². The summed E-state index contributed by atoms with van der Waals surface area (Å²) in [7, 11) is 0. The molecule has 0 aliphatic carbocycles. The Kier molecular flexibility index (Phi) is 6.36. The molecular formula is C20H25NO3. The monoisotopic (exact) mass is 327 g/mol. The van der Waals surface area contributed by atoms with E-state index in [1.54, 1.807) is 0 Å². The molecule has 0 saturated carbocycles. The van der Waals surface area contributed by atoms with Gasteiger partial charge >= 0.3 is 6.09 Å². The zero-order chi connectivity index (χ0) is 17.5. The number of carbonyl (C=O) groups excluding carboxylic acids is 2. The first-order valence-electron chi connectivity index (χ1n) is 8.33. The van der Waals surface area contributed by atoms with Crippen LogP contribution in [0.1, 0.15) is 32.3 Å². The predicted octanol–water partition coefficient (Wildman–Crippen LogP) is 4.13. The van der Waals surface area contributed by atoms with Gasteiger partial charge < -0.3 is 4.74 Å². The Labute approximate surface area is 143 Å². The van der Waals surface area contributed by atoms with Gasteiger partial charge in [-0.1, -0.05) is 55.0 Å². The number of imide groups is 1. The number of ether oxygens (including phenoxy) is 1. The average Bonchev–Trinajstić information content (AvgIpc) is 2.93. The van der Waals surface area contributed by atoms with Crippen molar-refractivity contribution in [1.29, 1.82) is 0 Å². The van der Waals surface area contributed by atoms with Crippen molar-refractivity contribution in [2.24, 2.45) is 5.92 Å². The summed E-state index contributed by atoms with van der Waals surface area (Å²) in [5.74, 6) is -0.422. The molecule has 2 amide bonds. The van der Waals surface area contributed by atoms with E-state index in [0.29, 0.717) is 12.8 Å². The van der Waals surface area contributed by atoms with Gasteiger partial charge in [-0.3, -0.25) is 4.79 Å². The fourth-order valence-electron chi connectivity index (χ4n) is 2.79. The SMILES string of the molecule is C=CC/C(C)=C\C[C@H](C)C(=O)N1C(=O)OC[C@H]1Cc1ccccc1. The number of hydrogen-bond acceptors (Lipinski definition) is 3. The largest absolute Gasteiger partial charge is 0.447 e. The Hall–Kier alpha value is -2.36. The maximum Gasteiger partial charge on any atom is 0.416 e. The summed E-state index contributed by atoms with van der Waals surface area (Å²) in [6, 6.07) is 9.62. The number of nitrogens with zero attached hydrogens (tertiary/aromatic N) is 1. The van der Waals surface area contributed by atoms with Gasteiger partial charge in [0.1, 0.15) is 6.61 Å². The number of amides is 2. The molecule has 2 rings (SSSR count). The van der Waals surface area contributed by atoms with Gasteiger partial charge in [-0.25, -0.2) is 9.69 Å². The standard InChI is InChI=1S/C20H25NO3/c1-4-8-15(2)11-12-16(3)19(22)21-18(14-24-20(21)23)13-17-9-6-5-7-10-17/h4-7,9-11,16,18H,1,8,12-14H2,2-3H3/b15-11-/t16-,18+/m0/s1. The van der Waals surface area contributed by atoms with Crippen LogP contribution >= 0.6 is 0 Å². The fraction of sp³-hybridized carbons (Fsp3) is 0.400. The molecule has 1 saturated heterocycles. The van der Waals surface area contributed by atoms with E-state index in [9.17, 15) is 9.59 Å². The maximum atomic E-state index is 12.7. The molecule has 0 spiro atoms. The molecule has 1 aliphatic rings. The number of rotatable bonds is 7. The van der Waals surface area contributed by atoms with Crippen molar-refractivity contribution < 1.29 is 14.3 Å². The highest BCUT2D eigenvalue weighted by Gasteiger charge is 2.39. The van der Waals surface area contributed by atoms with Crippen LogP contribution in [-0.4, -0.2) is 29.5 Å². The summed E-state index contributed by atoms with van der Waals surface area (Å²) in [6.45, 7) is 7.84. The van der Waals surface area contributed by atoms with Crippen molar-refractivity contribution in [3.05, 3.63) is 60.2 Å². The normalized spacial score (nSPS) is 19.1. The Balaban J connectivity index is 2.03. The Bertz CT molecular complexity index is 621. The third kappa shape index (κ3) is 4.57. The molecule has 128 valence electrons. The van der Waals surface area contributed by atoms with Gasteiger partial charge in [0, 0.05) is 5.92 Å². The van der Waals surface area contributed by atoms with Crippen molar-refractivity contribution >= 4 is 12.0 Å². The third-order valence-corrected chi connectivity index (χ3v) is 4.22. The summed E-state index contributed by atoms with van der Waals surface area (Å²) >= 11 is 0. The number of allylic oxidation sites excluding steroid dienone is 3. The minimum atomic E-state index is -0.528. The summed E-state index contributed by atoms with van der Waals surface area (Å²) in [4.78, 5) is 26.0. The lowest BCUT2D eigenvalue weighted by Gasteiger charge is -2.22. The second-order valence-corrected chi connectivity index (χ2v) is 6.31. The van der Waals surface area contributed by atoms with Crippen LogP contribution in [0.3, 0.4) is 0 Å². The van der Waals surface area contributed by atoms with Crippen molar-refractivity contribution in [3.8, 4) is 0 Å². The smallest absolute Gasteiger partial charge is 0.416 e. The highest BCUT2D eigenvalue weighted by atomic mass is 16.6. The topological polar surface area (TPSA) is 46.6 Å². The Morgan fingerprint density at radius 3 is 2.79 bits per heavy atom. The molecule has 2 atom stereocenters. The van der Waals surface area contributed by atoms with Crippen molar-refractivity contribution in [3.63, 3.8) is 0 Å². The molecule has 0 radical (unpaired) electrons. The lowest BCUT2D eigenvalue weighted by atomic mass is 10.0. The predicted molar refractivity (Wildman–Crippen MR) is 94.5 cm³/mol. The second-order valence-electron chi connectivity index (χ2n) is 6.31. The zero-order valence-corrected chi connectivity index (χ0v) is 14.4. The van der Waals surface area contributed by atoms with Gasteiger partial charge in [-0.15, -0.1) is 6.58 Å². The van der Waals surface area contributed by atoms with Crippen molar-refractivity contribution in [1.82, 2.24) is 4.90 Å². The summed E-state index contributed by atoms with van der Waals surface area (Å²) in [5, 5.41) is 0. The van der Waals surface area contributed by atoms with Crippen LogP contribution in [0, 0.1) is 5.92 Å². The molecule has 24 heavy (non-hydrogen) atoms. The molecule has 1 aromatic rings. The van der Waals surface area contributed by atoms with E-state index in [0.717, 1.165) is 12.0 Å². The quantitative estimate of drug-likeness (QED) is 0.708. The molecule has 1 heterocycles. The molecule has 1 aliphatic heterocycles. The summed E-state index contributed by atoms with van der Waals surface area (Å²) < 4.78 is 5.12. The van der Waals surface area contributed by atoms with Crippen LogP contribution < -0.4 is 0 Å². The highest BCUT2D eigenvalue weighted by Crippen LogP contribution is 2.21. The first-order chi connectivity index (χ1) is 11.5. The molecule has 0 aromatic heterocycles. The summed E-state index contributed by atoms with van der Waals surface area (Å²) in [6.07, 6.45) is 5.39. The molecule has 1 aromatic carbocycles. The molecule has 4 heteroatoms. The van der Waals surface area contributed by atoms with Gasteiger partial charge in [0.15, 0.2) is 0 Å². The fourth-order valence-corrected chi connectivity index (χ4v) is 2.79. The lowest BCUT2D eigenvalue weighted by molar-refractivity contribution is -0.132. The van der Waals surface area contributed by atoms with Crippen LogP contribution in [0.25, 0.3) is 0 Å². The second kappa shape index (κ2) is 8.48. The molecule has 0 N–H and O–H groups in total. The number of benzene rings is 1. The van der Waals surface area contributed by atoms with Gasteiger partial charge in [-0.05, 0) is 31.7 Å². The van der Waals surface area contributed by atoms with E-state index in [-0.39, 0.29) is 24.5 Å². The highest BCUT2D eigenvalue weighted by molar-refractivity contribution is 5.94. The van der Waals surface area contributed by atoms with Crippen LogP contribution in [0.15, 0.2) is 54.6 Å². The average molecular weight is 327 g/mol. The number of cyclic esters (lactones) is 1. The molecule has 0 bridgehead atoms. The van der Waals surface area contributed by atoms with Crippen LogP contribution in [0.4, 0.5) is 4.79 Å². The van der Waals surface area contributed by atoms with Crippen LogP contribution in [0.5, 0.6) is 0 Å². The zero-order valence-electron chi connectivity index (χ0n) is 14.4. The first kappa shape index (κ1) is 18.0. The maximum absolute atomic E-state index is 12.7. The van der Waals surface area contributed by atoms with Gasteiger partial charge in [0.2, 0.25) is 5.91 Å². The van der Waals surface area contributed by atoms with E-state index in [1.165, 1.54) is 10.5 Å². The van der Waals surface area contributed by atoms with Crippen LogP contribution in [0.2, 0.25) is 0 Å². The van der Waals surface area contributed by atoms with E-state index >= 15 is 0 Å². The van der Waals surface area contributed by atoms with Crippen molar-refractivity contribution in [2.45, 2.75) is 39.2 Å². The van der Waals surface area contributed by atoms with Crippen LogP contribution in [-0.2, 0) is 16.0 Å². The first-order valence-corrected chi connectivity index (χ1v) is 8.33. The Morgan fingerprint density at radius 1 is 1.42 bits per heavy atom. The molecular weight excluding hydrogens is 302 g/mol. The lowest BCUT2D eigenvalue weighted by Crippen LogP contribution is -2.42. The van der Waals surface area contributed by atoms with Gasteiger partial charge in [0.25, 0.3) is 0 Å². The summed E-state index contributed by atoms with van der Waals surface area (Å²) in [5.41, 5.74) is 2.27. The minimum absolute atomic E-state index is 0.166. The van der Waals surface area contributed by atoms with E-state index in [1.807, 2.05) is 56.3 Å². The number of hydrogen-bond donors (Lipinski definition) is 0. The van der Waals surface area contributed by atoms with Gasteiger partial charge in [0.05, 0.1) is 6.04 Å². The number of carbonyl (C=O) groups is 2. The minimum Gasteiger partial charge on any atom is -0.447 e. The van der Waals surface area contributed by atoms with Crippen molar-refractivity contribution in [2.75, 3.05) is 6.61 Å².